The number of fused-ring (bicyclic) bond motifs is 11. The number of para-hydroxylation sites is 3. The predicted octanol–water partition coefficient (Wildman–Crippen LogP) is 13.4. The Kier molecular flexibility index (Phi) is 6.48. The quantitative estimate of drug-likeness (QED) is 0.183. The SMILES string of the molecule is C=C1C(n2c3ccccc3c3c4ccccc4ccc32)=NC(c2cccc(-c3ccccc3)c2)=NC1c1cccc2c1oc1cc3c(cc12)oc1ccccc13. The van der Waals surface area contributed by atoms with Gasteiger partial charge in [-0.2, -0.15) is 0 Å². The van der Waals surface area contributed by atoms with Gasteiger partial charge in [0.05, 0.1) is 11.0 Å². The molecule has 4 heterocycles. The second-order valence-corrected chi connectivity index (χ2v) is 14.6. The van der Waals surface area contributed by atoms with E-state index in [1.807, 2.05) is 24.3 Å². The van der Waals surface area contributed by atoms with Gasteiger partial charge in [0.2, 0.25) is 0 Å². The van der Waals surface area contributed by atoms with Gasteiger partial charge in [-0.1, -0.05) is 140 Å². The van der Waals surface area contributed by atoms with E-state index in [-0.39, 0.29) is 0 Å². The third-order valence-corrected chi connectivity index (χ3v) is 11.4. The van der Waals surface area contributed by atoms with Crippen molar-refractivity contribution in [2.24, 2.45) is 9.98 Å². The van der Waals surface area contributed by atoms with Crippen LogP contribution in [0.25, 0.3) is 87.6 Å². The van der Waals surface area contributed by atoms with Crippen LogP contribution < -0.4 is 0 Å². The molecule has 1 atom stereocenters. The van der Waals surface area contributed by atoms with Crippen LogP contribution in [0.1, 0.15) is 17.2 Å². The number of hydrogen-bond donors (Lipinski definition) is 0. The normalized spacial score (nSPS) is 14.9. The number of nitrogens with zero attached hydrogens (tertiary/aromatic N) is 3. The van der Waals surface area contributed by atoms with E-state index in [1.165, 1.54) is 16.2 Å². The number of amidine groups is 1. The lowest BCUT2D eigenvalue weighted by molar-refractivity contribution is 0.656. The molecule has 0 N–H and O–H groups in total. The van der Waals surface area contributed by atoms with Crippen LogP contribution in [0.15, 0.2) is 201 Å². The Morgan fingerprint density at radius 2 is 1.16 bits per heavy atom. The first kappa shape index (κ1) is 30.9. The molecule has 5 heteroatoms. The molecule has 56 heavy (non-hydrogen) atoms. The van der Waals surface area contributed by atoms with E-state index in [1.54, 1.807) is 0 Å². The van der Waals surface area contributed by atoms with Gasteiger partial charge in [-0.25, -0.2) is 4.99 Å². The van der Waals surface area contributed by atoms with Crippen LogP contribution in [0.3, 0.4) is 0 Å². The zero-order chi connectivity index (χ0) is 36.9. The Labute approximate surface area is 320 Å². The second-order valence-electron chi connectivity index (χ2n) is 14.6. The van der Waals surface area contributed by atoms with Crippen LogP contribution in [0, 0.1) is 0 Å². The molecule has 0 saturated heterocycles. The van der Waals surface area contributed by atoms with Gasteiger partial charge in [-0.05, 0) is 58.3 Å². The molecule has 1 aliphatic heterocycles. The largest absolute Gasteiger partial charge is 0.456 e. The summed E-state index contributed by atoms with van der Waals surface area (Å²) in [5, 5.41) is 8.85. The monoisotopic (exact) mass is 717 g/mol. The van der Waals surface area contributed by atoms with Crippen molar-refractivity contribution in [1.82, 2.24) is 4.57 Å². The smallest absolute Gasteiger partial charge is 0.157 e. The van der Waals surface area contributed by atoms with Gasteiger partial charge in [-0.3, -0.25) is 9.56 Å². The number of hydrogen-bond acceptors (Lipinski definition) is 4. The van der Waals surface area contributed by atoms with E-state index >= 15 is 0 Å². The Morgan fingerprint density at radius 3 is 2.05 bits per heavy atom. The fraction of sp³-hybridized carbons (Fsp3) is 0.0196. The summed E-state index contributed by atoms with van der Waals surface area (Å²) in [4.78, 5) is 10.9. The molecule has 8 aromatic carbocycles. The third-order valence-electron chi connectivity index (χ3n) is 11.4. The van der Waals surface area contributed by atoms with Crippen molar-refractivity contribution in [1.29, 1.82) is 0 Å². The first-order valence-corrected chi connectivity index (χ1v) is 18.9. The zero-order valence-corrected chi connectivity index (χ0v) is 30.1. The molecule has 0 bridgehead atoms. The Bertz CT molecular complexity index is 3510. The van der Waals surface area contributed by atoms with E-state index in [0.717, 1.165) is 94.0 Å². The molecule has 0 amide bonds. The second kappa shape index (κ2) is 11.7. The molecule has 3 aromatic heterocycles. The van der Waals surface area contributed by atoms with Crippen LogP contribution in [0.5, 0.6) is 0 Å². The molecular weight excluding hydrogens is 687 g/mol. The highest BCUT2D eigenvalue weighted by atomic mass is 16.3. The lowest BCUT2D eigenvalue weighted by atomic mass is 9.95. The summed E-state index contributed by atoms with van der Waals surface area (Å²) in [6.07, 6.45) is 0. The summed E-state index contributed by atoms with van der Waals surface area (Å²) in [6.45, 7) is 4.79. The first-order chi connectivity index (χ1) is 27.7. The number of aromatic nitrogens is 1. The van der Waals surface area contributed by atoms with Crippen LogP contribution in [-0.4, -0.2) is 16.2 Å². The summed E-state index contributed by atoms with van der Waals surface area (Å²) in [7, 11) is 0. The van der Waals surface area contributed by atoms with Crippen LogP contribution in [0.4, 0.5) is 0 Å². The van der Waals surface area contributed by atoms with Crippen molar-refractivity contribution in [3.63, 3.8) is 0 Å². The maximum atomic E-state index is 6.85. The fourth-order valence-electron chi connectivity index (χ4n) is 8.80. The predicted molar refractivity (Wildman–Crippen MR) is 231 cm³/mol. The number of aliphatic imine (C=N–C) groups is 2. The number of rotatable bonds is 3. The molecular formula is C51H31N3O2. The summed E-state index contributed by atoms with van der Waals surface area (Å²) in [5.74, 6) is 1.39. The van der Waals surface area contributed by atoms with E-state index in [2.05, 4.69) is 150 Å². The summed E-state index contributed by atoms with van der Waals surface area (Å²) in [5.41, 5.74) is 10.3. The average Bonchev–Trinajstić information content (AvgIpc) is 3.92. The van der Waals surface area contributed by atoms with E-state index < -0.39 is 6.04 Å². The number of benzene rings is 8. The Morgan fingerprint density at radius 1 is 0.482 bits per heavy atom. The van der Waals surface area contributed by atoms with Crippen LogP contribution >= 0.6 is 0 Å². The summed E-state index contributed by atoms with van der Waals surface area (Å²) >= 11 is 0. The van der Waals surface area contributed by atoms with E-state index in [0.29, 0.717) is 5.84 Å². The molecule has 12 rings (SSSR count). The van der Waals surface area contributed by atoms with Gasteiger partial charge in [0.15, 0.2) is 5.84 Å². The van der Waals surface area contributed by atoms with Gasteiger partial charge in [0.1, 0.15) is 34.2 Å². The highest BCUT2D eigenvalue weighted by Gasteiger charge is 2.31. The maximum Gasteiger partial charge on any atom is 0.157 e. The third kappa shape index (κ3) is 4.49. The molecule has 0 radical (unpaired) electrons. The molecule has 5 nitrogen and oxygen atoms in total. The molecule has 0 saturated carbocycles. The highest BCUT2D eigenvalue weighted by Crippen LogP contribution is 2.43. The van der Waals surface area contributed by atoms with Crippen molar-refractivity contribution in [3.8, 4) is 11.1 Å². The van der Waals surface area contributed by atoms with Crippen molar-refractivity contribution in [3.05, 3.63) is 193 Å². The van der Waals surface area contributed by atoms with Crippen molar-refractivity contribution in [2.75, 3.05) is 0 Å². The average molecular weight is 718 g/mol. The van der Waals surface area contributed by atoms with Crippen LogP contribution in [0.2, 0.25) is 0 Å². The standard InChI is InChI=1S/C51H31N3O2/c1-30-48(39-22-12-21-37-41-29-45-40(28-46(41)56-49(37)39)36-19-8-10-24-44(36)55-45)52-50(34-17-11-16-33(27-34)31-13-3-2-4-14-31)53-51(30)54-42-23-9-7-20-38(42)47-35-18-6-5-15-32(35)25-26-43(47)54/h2-29,48H,1H2. The molecule has 262 valence electrons. The molecule has 0 aliphatic carbocycles. The number of furan rings is 2. The molecule has 0 spiro atoms. The van der Waals surface area contributed by atoms with Crippen molar-refractivity contribution >= 4 is 88.1 Å². The summed E-state index contributed by atoms with van der Waals surface area (Å²) < 4.78 is 15.4. The zero-order valence-electron chi connectivity index (χ0n) is 30.1. The minimum Gasteiger partial charge on any atom is -0.456 e. The molecule has 1 unspecified atom stereocenters. The molecule has 0 fully saturated rings. The van der Waals surface area contributed by atoms with Gasteiger partial charge < -0.3 is 8.83 Å². The Hall–Kier alpha value is -7.50. The molecule has 1 aliphatic rings. The highest BCUT2D eigenvalue weighted by molar-refractivity contribution is 6.27. The Balaban J connectivity index is 1.11. The minimum absolute atomic E-state index is 0.484. The van der Waals surface area contributed by atoms with E-state index in [9.17, 15) is 0 Å². The van der Waals surface area contributed by atoms with Gasteiger partial charge in [0.25, 0.3) is 0 Å². The van der Waals surface area contributed by atoms with Crippen LogP contribution in [-0.2, 0) is 0 Å². The minimum atomic E-state index is -0.484. The van der Waals surface area contributed by atoms with Gasteiger partial charge in [0, 0.05) is 49.0 Å². The maximum absolute atomic E-state index is 6.85. The molecule has 11 aromatic rings. The lowest BCUT2D eigenvalue weighted by Crippen LogP contribution is -2.25. The lowest BCUT2D eigenvalue weighted by Gasteiger charge is -2.25. The van der Waals surface area contributed by atoms with Gasteiger partial charge >= 0.3 is 0 Å². The summed E-state index contributed by atoms with van der Waals surface area (Å²) in [6, 6.07) is 58.7. The first-order valence-electron chi connectivity index (χ1n) is 18.9. The fourth-order valence-corrected chi connectivity index (χ4v) is 8.80. The topological polar surface area (TPSA) is 55.9 Å². The van der Waals surface area contributed by atoms with Gasteiger partial charge in [-0.15, -0.1) is 0 Å². The van der Waals surface area contributed by atoms with Crippen molar-refractivity contribution in [2.45, 2.75) is 6.04 Å². The van der Waals surface area contributed by atoms with Crippen molar-refractivity contribution < 1.29 is 8.83 Å². The van der Waals surface area contributed by atoms with E-state index in [4.69, 9.17) is 25.4 Å².